The van der Waals surface area contributed by atoms with Crippen molar-refractivity contribution in [2.24, 2.45) is 23.2 Å². The van der Waals surface area contributed by atoms with Gasteiger partial charge < -0.3 is 5.32 Å². The van der Waals surface area contributed by atoms with Crippen molar-refractivity contribution < 1.29 is 4.79 Å². The summed E-state index contributed by atoms with van der Waals surface area (Å²) in [6.07, 6.45) is 8.91. The normalized spacial score (nSPS) is 38.5. The number of hydrogen-bond acceptors (Lipinski definition) is 1. The Labute approximate surface area is 121 Å². The summed E-state index contributed by atoms with van der Waals surface area (Å²) in [5.41, 5.74) is 0.898. The van der Waals surface area contributed by atoms with Gasteiger partial charge >= 0.3 is 0 Å². The van der Waals surface area contributed by atoms with Crippen molar-refractivity contribution in [3.63, 3.8) is 0 Å². The number of carbonyl (C=O) groups excluding carboxylic acids is 1. The van der Waals surface area contributed by atoms with Crippen molar-refractivity contribution in [3.05, 3.63) is 30.3 Å². The monoisotopic (exact) mass is 269 g/mol. The van der Waals surface area contributed by atoms with Gasteiger partial charge in [-0.15, -0.1) is 0 Å². The Kier molecular flexibility index (Phi) is 2.87. The Morgan fingerprint density at radius 3 is 2.20 bits per heavy atom. The first-order chi connectivity index (χ1) is 9.73. The van der Waals surface area contributed by atoms with Gasteiger partial charge in [0.2, 0.25) is 5.91 Å². The van der Waals surface area contributed by atoms with E-state index in [-0.39, 0.29) is 5.41 Å². The average Bonchev–Trinajstić information content (AvgIpc) is 2.66. The van der Waals surface area contributed by atoms with Gasteiger partial charge in [0, 0.05) is 5.69 Å². The number of hydrogen-bond donors (Lipinski definition) is 1. The molecule has 20 heavy (non-hydrogen) atoms. The standard InChI is InChI=1S/C18H23NO/c20-17(19-16-4-2-1-3-5-16)18-10-13-6-7-14(11-18)9-15(8-13)12-18/h1-5,13-15H,6-12H2,(H,19,20)/t13-,14-,15?,18?/m0/s1. The summed E-state index contributed by atoms with van der Waals surface area (Å²) < 4.78 is 0. The molecule has 2 nitrogen and oxygen atoms in total. The van der Waals surface area contributed by atoms with Gasteiger partial charge in [0.15, 0.2) is 0 Å². The van der Waals surface area contributed by atoms with Crippen molar-refractivity contribution in [1.29, 1.82) is 0 Å². The summed E-state index contributed by atoms with van der Waals surface area (Å²) in [5, 5.41) is 3.19. The fourth-order valence-electron chi connectivity index (χ4n) is 5.25. The number of benzene rings is 1. The molecule has 0 aromatic heterocycles. The third-order valence-corrected chi connectivity index (χ3v) is 5.87. The molecule has 2 heteroatoms. The van der Waals surface area contributed by atoms with Crippen LogP contribution < -0.4 is 5.32 Å². The molecule has 1 N–H and O–H groups in total. The predicted molar refractivity (Wildman–Crippen MR) is 80.3 cm³/mol. The lowest BCUT2D eigenvalue weighted by atomic mass is 9.58. The number of para-hydroxylation sites is 1. The predicted octanol–water partition coefficient (Wildman–Crippen LogP) is 4.23. The first-order valence-corrected chi connectivity index (χ1v) is 8.10. The molecule has 0 aliphatic heterocycles. The summed E-state index contributed by atoms with van der Waals surface area (Å²) >= 11 is 0. The second-order valence-corrected chi connectivity index (χ2v) is 7.36. The maximum Gasteiger partial charge on any atom is 0.230 e. The van der Waals surface area contributed by atoms with Crippen LogP contribution in [-0.2, 0) is 4.79 Å². The van der Waals surface area contributed by atoms with Crippen LogP contribution in [0.25, 0.3) is 0 Å². The van der Waals surface area contributed by atoms with Crippen molar-refractivity contribution >= 4 is 11.6 Å². The molecular formula is C18H23NO. The molecule has 5 rings (SSSR count). The Balaban J connectivity index is 1.59. The van der Waals surface area contributed by atoms with E-state index in [1.807, 2.05) is 30.3 Å². The first-order valence-electron chi connectivity index (χ1n) is 8.10. The van der Waals surface area contributed by atoms with Gasteiger partial charge in [-0.3, -0.25) is 4.79 Å². The van der Waals surface area contributed by atoms with E-state index in [1.54, 1.807) is 0 Å². The Morgan fingerprint density at radius 1 is 0.950 bits per heavy atom. The zero-order valence-electron chi connectivity index (χ0n) is 12.0. The highest BCUT2D eigenvalue weighted by Gasteiger charge is 2.52. The van der Waals surface area contributed by atoms with Gasteiger partial charge in [0.1, 0.15) is 0 Å². The maximum absolute atomic E-state index is 12.9. The minimum absolute atomic E-state index is 0.0527. The topological polar surface area (TPSA) is 29.1 Å². The lowest BCUT2D eigenvalue weighted by Gasteiger charge is -2.47. The van der Waals surface area contributed by atoms with E-state index in [2.05, 4.69) is 5.32 Å². The van der Waals surface area contributed by atoms with Gasteiger partial charge in [-0.25, -0.2) is 0 Å². The van der Waals surface area contributed by atoms with E-state index in [1.165, 1.54) is 25.7 Å². The molecule has 0 unspecified atom stereocenters. The third kappa shape index (κ3) is 2.06. The Morgan fingerprint density at radius 2 is 1.55 bits per heavy atom. The minimum atomic E-state index is -0.0527. The van der Waals surface area contributed by atoms with E-state index in [0.717, 1.165) is 42.7 Å². The van der Waals surface area contributed by atoms with Gasteiger partial charge in [-0.1, -0.05) is 31.0 Å². The molecule has 4 saturated carbocycles. The molecule has 1 amide bonds. The highest BCUT2D eigenvalue weighted by atomic mass is 16.2. The van der Waals surface area contributed by atoms with E-state index in [4.69, 9.17) is 0 Å². The summed E-state index contributed by atoms with van der Waals surface area (Å²) in [6, 6.07) is 9.95. The van der Waals surface area contributed by atoms with Crippen LogP contribution in [0.1, 0.15) is 44.9 Å². The molecule has 0 radical (unpaired) electrons. The van der Waals surface area contributed by atoms with E-state index in [0.29, 0.717) is 5.91 Å². The molecule has 2 atom stereocenters. The number of nitrogens with one attached hydrogen (secondary N) is 1. The average molecular weight is 269 g/mol. The fraction of sp³-hybridized carbons (Fsp3) is 0.611. The van der Waals surface area contributed by atoms with Gasteiger partial charge in [0.25, 0.3) is 0 Å². The van der Waals surface area contributed by atoms with Crippen LogP contribution in [-0.4, -0.2) is 5.91 Å². The highest BCUT2D eigenvalue weighted by molar-refractivity contribution is 5.95. The SMILES string of the molecule is O=C(Nc1ccccc1)C12CC3C[C@H](CC[C@@H](C3)C1)C2. The van der Waals surface area contributed by atoms with Crippen LogP contribution in [0.4, 0.5) is 5.69 Å². The highest BCUT2D eigenvalue weighted by Crippen LogP contribution is 2.58. The van der Waals surface area contributed by atoms with E-state index < -0.39 is 0 Å². The Hall–Kier alpha value is -1.31. The lowest BCUT2D eigenvalue weighted by molar-refractivity contribution is -0.132. The molecule has 1 aromatic rings. The van der Waals surface area contributed by atoms with Crippen LogP contribution in [0.15, 0.2) is 30.3 Å². The summed E-state index contributed by atoms with van der Waals surface area (Å²) in [5.74, 6) is 2.73. The maximum atomic E-state index is 12.9. The molecule has 0 spiro atoms. The van der Waals surface area contributed by atoms with Gasteiger partial charge in [0.05, 0.1) is 5.41 Å². The third-order valence-electron chi connectivity index (χ3n) is 5.87. The molecule has 0 saturated heterocycles. The smallest absolute Gasteiger partial charge is 0.230 e. The molecule has 4 fully saturated rings. The lowest BCUT2D eigenvalue weighted by Crippen LogP contribution is -2.45. The zero-order chi connectivity index (χ0) is 13.6. The van der Waals surface area contributed by atoms with Crippen LogP contribution in [0.3, 0.4) is 0 Å². The largest absolute Gasteiger partial charge is 0.326 e. The van der Waals surface area contributed by atoms with Gasteiger partial charge in [-0.2, -0.15) is 0 Å². The molecule has 4 aliphatic carbocycles. The fourth-order valence-corrected chi connectivity index (χ4v) is 5.25. The summed E-state index contributed by atoms with van der Waals surface area (Å²) in [6.45, 7) is 0. The molecular weight excluding hydrogens is 246 g/mol. The second kappa shape index (κ2) is 4.61. The number of anilines is 1. The van der Waals surface area contributed by atoms with Crippen LogP contribution >= 0.6 is 0 Å². The van der Waals surface area contributed by atoms with Crippen molar-refractivity contribution in [2.45, 2.75) is 44.9 Å². The molecule has 4 bridgehead atoms. The Bertz CT molecular complexity index is 493. The van der Waals surface area contributed by atoms with Crippen LogP contribution in [0, 0.1) is 23.2 Å². The van der Waals surface area contributed by atoms with Crippen molar-refractivity contribution in [2.75, 3.05) is 5.32 Å². The van der Waals surface area contributed by atoms with Gasteiger partial charge in [-0.05, 0) is 62.0 Å². The molecule has 1 aromatic carbocycles. The minimum Gasteiger partial charge on any atom is -0.326 e. The number of rotatable bonds is 2. The first kappa shape index (κ1) is 12.4. The summed E-state index contributed by atoms with van der Waals surface area (Å²) in [7, 11) is 0. The second-order valence-electron chi connectivity index (χ2n) is 7.36. The quantitative estimate of drug-likeness (QED) is 0.855. The van der Waals surface area contributed by atoms with Crippen LogP contribution in [0.2, 0.25) is 0 Å². The molecule has 4 aliphatic rings. The van der Waals surface area contributed by atoms with Crippen molar-refractivity contribution in [1.82, 2.24) is 0 Å². The van der Waals surface area contributed by atoms with E-state index >= 15 is 0 Å². The number of carbonyl (C=O) groups is 1. The van der Waals surface area contributed by atoms with E-state index in [9.17, 15) is 4.79 Å². The number of amides is 1. The zero-order valence-corrected chi connectivity index (χ0v) is 12.0. The van der Waals surface area contributed by atoms with Crippen molar-refractivity contribution in [3.8, 4) is 0 Å². The molecule has 106 valence electrons. The molecule has 0 heterocycles. The number of fused-ring (bicyclic) bond motifs is 1. The van der Waals surface area contributed by atoms with Crippen LogP contribution in [0.5, 0.6) is 0 Å². The summed E-state index contributed by atoms with van der Waals surface area (Å²) in [4.78, 5) is 12.9.